The van der Waals surface area contributed by atoms with Gasteiger partial charge in [-0.2, -0.15) is 0 Å². The zero-order chi connectivity index (χ0) is 10.1. The fourth-order valence-corrected chi connectivity index (χ4v) is 1.70. The molecule has 14 heavy (non-hydrogen) atoms. The summed E-state index contributed by atoms with van der Waals surface area (Å²) in [7, 11) is 0. The Bertz CT molecular complexity index is 314. The molecule has 1 aromatic rings. The summed E-state index contributed by atoms with van der Waals surface area (Å²) in [4.78, 5) is 0. The van der Waals surface area contributed by atoms with E-state index in [0.717, 1.165) is 12.8 Å². The van der Waals surface area contributed by atoms with E-state index in [2.05, 4.69) is 0 Å². The fourth-order valence-electron chi connectivity index (χ4n) is 1.70. The van der Waals surface area contributed by atoms with Gasteiger partial charge in [-0.15, -0.1) is 0 Å². The van der Waals surface area contributed by atoms with Crippen LogP contribution in [0.4, 0.5) is 8.78 Å². The van der Waals surface area contributed by atoms with E-state index in [0.29, 0.717) is 12.3 Å². The largest absolute Gasteiger partial charge is 0.324 e. The quantitative estimate of drug-likeness (QED) is 0.792. The van der Waals surface area contributed by atoms with Crippen molar-refractivity contribution in [2.45, 2.75) is 25.3 Å². The molecule has 0 radical (unpaired) electrons. The van der Waals surface area contributed by atoms with Crippen molar-refractivity contribution in [3.63, 3.8) is 0 Å². The van der Waals surface area contributed by atoms with E-state index >= 15 is 0 Å². The zero-order valence-electron chi connectivity index (χ0n) is 7.84. The van der Waals surface area contributed by atoms with E-state index in [9.17, 15) is 8.78 Å². The highest BCUT2D eigenvalue weighted by atomic mass is 19.1. The summed E-state index contributed by atoms with van der Waals surface area (Å²) < 4.78 is 26.5. The molecule has 0 aliphatic heterocycles. The molecule has 0 bridgehead atoms. The van der Waals surface area contributed by atoms with Crippen LogP contribution in [0.1, 0.15) is 30.9 Å². The molecule has 76 valence electrons. The predicted octanol–water partition coefficient (Wildman–Crippen LogP) is 2.76. The highest BCUT2D eigenvalue weighted by Crippen LogP contribution is 2.37. The van der Waals surface area contributed by atoms with Crippen molar-refractivity contribution in [2.24, 2.45) is 11.7 Å². The third-order valence-corrected chi connectivity index (χ3v) is 2.65. The molecule has 0 heterocycles. The van der Waals surface area contributed by atoms with Gasteiger partial charge in [0.25, 0.3) is 0 Å². The van der Waals surface area contributed by atoms with E-state index in [4.69, 9.17) is 5.73 Å². The van der Waals surface area contributed by atoms with Crippen LogP contribution in [0.5, 0.6) is 0 Å². The Balaban J connectivity index is 2.19. The number of rotatable bonds is 3. The summed E-state index contributed by atoms with van der Waals surface area (Å²) >= 11 is 0. The highest BCUT2D eigenvalue weighted by molar-refractivity contribution is 5.23. The number of halogens is 2. The molecule has 0 spiro atoms. The van der Waals surface area contributed by atoms with Crippen LogP contribution in [0.15, 0.2) is 18.2 Å². The van der Waals surface area contributed by atoms with Crippen LogP contribution in [0.2, 0.25) is 0 Å². The van der Waals surface area contributed by atoms with Crippen LogP contribution >= 0.6 is 0 Å². The Morgan fingerprint density at radius 2 is 1.86 bits per heavy atom. The average Bonchev–Trinajstić information content (AvgIpc) is 2.87. The van der Waals surface area contributed by atoms with Gasteiger partial charge in [0, 0.05) is 11.6 Å². The number of nitrogens with two attached hydrogens (primary N) is 1. The highest BCUT2D eigenvalue weighted by Gasteiger charge is 2.26. The SMILES string of the molecule is N[C@H](CC1CC1)c1c(F)cccc1F. The van der Waals surface area contributed by atoms with Gasteiger partial charge in [-0.05, 0) is 24.5 Å². The minimum absolute atomic E-state index is 0.0411. The van der Waals surface area contributed by atoms with Crippen LogP contribution in [0, 0.1) is 17.6 Å². The molecular formula is C11H13F2N. The predicted molar refractivity (Wildman–Crippen MR) is 50.6 cm³/mol. The molecule has 1 fully saturated rings. The lowest BCUT2D eigenvalue weighted by Gasteiger charge is -2.12. The van der Waals surface area contributed by atoms with Gasteiger partial charge in [0.1, 0.15) is 11.6 Å². The van der Waals surface area contributed by atoms with E-state index < -0.39 is 17.7 Å². The lowest BCUT2D eigenvalue weighted by Crippen LogP contribution is -2.14. The lowest BCUT2D eigenvalue weighted by molar-refractivity contribution is 0.498. The van der Waals surface area contributed by atoms with Gasteiger partial charge in [0.15, 0.2) is 0 Å². The van der Waals surface area contributed by atoms with Crippen LogP contribution in [-0.2, 0) is 0 Å². The van der Waals surface area contributed by atoms with Gasteiger partial charge in [0.2, 0.25) is 0 Å². The normalized spacial score (nSPS) is 18.2. The number of hydrogen-bond donors (Lipinski definition) is 1. The summed E-state index contributed by atoms with van der Waals surface area (Å²) in [5, 5.41) is 0. The summed E-state index contributed by atoms with van der Waals surface area (Å²) in [5.74, 6) is -0.486. The van der Waals surface area contributed by atoms with E-state index in [1.165, 1.54) is 18.2 Å². The molecule has 1 nitrogen and oxygen atoms in total. The second-order valence-electron chi connectivity index (χ2n) is 3.92. The van der Waals surface area contributed by atoms with Crippen molar-refractivity contribution in [3.8, 4) is 0 Å². The third kappa shape index (κ3) is 1.93. The van der Waals surface area contributed by atoms with Crippen LogP contribution in [-0.4, -0.2) is 0 Å². The summed E-state index contributed by atoms with van der Waals surface area (Å²) in [5.41, 5.74) is 5.80. The Labute approximate surface area is 81.9 Å². The molecule has 0 unspecified atom stereocenters. The smallest absolute Gasteiger partial charge is 0.130 e. The Morgan fingerprint density at radius 1 is 1.29 bits per heavy atom. The summed E-state index contributed by atoms with van der Waals surface area (Å²) in [6.45, 7) is 0. The maximum atomic E-state index is 13.3. The van der Waals surface area contributed by atoms with Gasteiger partial charge in [-0.25, -0.2) is 8.78 Å². The van der Waals surface area contributed by atoms with Gasteiger partial charge < -0.3 is 5.73 Å². The van der Waals surface area contributed by atoms with Crippen LogP contribution in [0.25, 0.3) is 0 Å². The first-order chi connectivity index (χ1) is 6.68. The lowest BCUT2D eigenvalue weighted by atomic mass is 10.0. The molecule has 1 saturated carbocycles. The van der Waals surface area contributed by atoms with Crippen molar-refractivity contribution >= 4 is 0 Å². The first kappa shape index (κ1) is 9.59. The van der Waals surface area contributed by atoms with Crippen LogP contribution < -0.4 is 5.73 Å². The Hall–Kier alpha value is -0.960. The van der Waals surface area contributed by atoms with Crippen molar-refractivity contribution in [2.75, 3.05) is 0 Å². The average molecular weight is 197 g/mol. The maximum Gasteiger partial charge on any atom is 0.130 e. The van der Waals surface area contributed by atoms with E-state index in [1.807, 2.05) is 0 Å². The molecule has 1 atom stereocenters. The number of benzene rings is 1. The van der Waals surface area contributed by atoms with E-state index in [-0.39, 0.29) is 5.56 Å². The monoisotopic (exact) mass is 197 g/mol. The van der Waals surface area contributed by atoms with Gasteiger partial charge in [0.05, 0.1) is 0 Å². The van der Waals surface area contributed by atoms with Gasteiger partial charge >= 0.3 is 0 Å². The molecular weight excluding hydrogens is 184 g/mol. The Kier molecular flexibility index (Phi) is 2.50. The second-order valence-corrected chi connectivity index (χ2v) is 3.92. The molecule has 0 saturated heterocycles. The molecule has 2 N–H and O–H groups in total. The molecule has 1 aliphatic rings. The van der Waals surface area contributed by atoms with Crippen molar-refractivity contribution < 1.29 is 8.78 Å². The molecule has 0 amide bonds. The maximum absolute atomic E-state index is 13.3. The molecule has 1 aromatic carbocycles. The summed E-state index contributed by atoms with van der Waals surface area (Å²) in [6, 6.07) is 3.37. The first-order valence-electron chi connectivity index (χ1n) is 4.88. The fraction of sp³-hybridized carbons (Fsp3) is 0.455. The molecule has 1 aliphatic carbocycles. The van der Waals surface area contributed by atoms with Gasteiger partial charge in [-0.3, -0.25) is 0 Å². The molecule has 0 aromatic heterocycles. The standard InChI is InChI=1S/C11H13F2N/c12-8-2-1-3-9(13)11(8)10(14)6-7-4-5-7/h1-3,7,10H,4-6,14H2/t10-/m1/s1. The van der Waals surface area contributed by atoms with Gasteiger partial charge in [-0.1, -0.05) is 18.9 Å². The minimum Gasteiger partial charge on any atom is -0.324 e. The third-order valence-electron chi connectivity index (χ3n) is 2.65. The minimum atomic E-state index is -0.529. The molecule has 3 heteroatoms. The molecule has 2 rings (SSSR count). The second kappa shape index (κ2) is 3.65. The van der Waals surface area contributed by atoms with Crippen molar-refractivity contribution in [1.82, 2.24) is 0 Å². The Morgan fingerprint density at radius 3 is 2.36 bits per heavy atom. The number of hydrogen-bond acceptors (Lipinski definition) is 1. The van der Waals surface area contributed by atoms with Crippen LogP contribution in [0.3, 0.4) is 0 Å². The first-order valence-corrected chi connectivity index (χ1v) is 4.88. The van der Waals surface area contributed by atoms with E-state index in [1.54, 1.807) is 0 Å². The van der Waals surface area contributed by atoms with Crippen molar-refractivity contribution in [1.29, 1.82) is 0 Å². The topological polar surface area (TPSA) is 26.0 Å². The van der Waals surface area contributed by atoms with Crippen molar-refractivity contribution in [3.05, 3.63) is 35.4 Å². The zero-order valence-corrected chi connectivity index (χ0v) is 7.84. The summed E-state index contributed by atoms with van der Waals surface area (Å²) in [6.07, 6.45) is 2.98.